The zero-order chi connectivity index (χ0) is 30.7. The lowest BCUT2D eigenvalue weighted by Gasteiger charge is -2.22. The molecule has 0 amide bonds. The molecule has 11 heteroatoms. The molecule has 0 aliphatic heterocycles. The van der Waals surface area contributed by atoms with Crippen LogP contribution in [0.5, 0.6) is 5.75 Å². The minimum absolute atomic E-state index is 0.125. The lowest BCUT2D eigenvalue weighted by molar-refractivity contribution is 0.130. The van der Waals surface area contributed by atoms with E-state index in [1.807, 2.05) is 0 Å². The van der Waals surface area contributed by atoms with Gasteiger partial charge in [-0.2, -0.15) is 0 Å². The van der Waals surface area contributed by atoms with Crippen LogP contribution in [0.4, 0.5) is 22.0 Å². The summed E-state index contributed by atoms with van der Waals surface area (Å²) < 4.78 is 99.0. The molecule has 4 aromatic carbocycles. The Hall–Kier alpha value is -3.41. The van der Waals surface area contributed by atoms with E-state index < -0.39 is 44.1 Å². The second kappa shape index (κ2) is 12.6. The predicted molar refractivity (Wildman–Crippen MR) is 146 cm³/mol. The average molecular weight is 611 g/mol. The third-order valence-electron chi connectivity index (χ3n) is 5.44. The first-order valence-electron chi connectivity index (χ1n) is 12.1. The Kier molecular flexibility index (Phi) is 9.89. The maximum Gasteiger partial charge on any atom is 0.200 e. The summed E-state index contributed by atoms with van der Waals surface area (Å²) in [5.41, 5.74) is 2.36. The van der Waals surface area contributed by atoms with Crippen LogP contribution < -0.4 is 4.74 Å². The third kappa shape index (κ3) is 7.66. The molecule has 0 unspecified atom stereocenters. The lowest BCUT2D eigenvalue weighted by Crippen LogP contribution is -2.23. The van der Waals surface area contributed by atoms with E-state index in [2.05, 4.69) is 107 Å². The maximum absolute atomic E-state index is 12.6. The molecule has 0 saturated carbocycles. The van der Waals surface area contributed by atoms with E-state index in [1.54, 1.807) is 0 Å². The van der Waals surface area contributed by atoms with E-state index in [0.717, 1.165) is 5.75 Å². The van der Waals surface area contributed by atoms with Gasteiger partial charge in [0.15, 0.2) is 38.0 Å². The molecule has 0 fully saturated rings. The Labute approximate surface area is 238 Å². The maximum atomic E-state index is 12.6. The molecule has 0 radical (unpaired) electrons. The van der Waals surface area contributed by atoms with Crippen molar-refractivity contribution in [3.05, 3.63) is 113 Å². The van der Waals surface area contributed by atoms with Crippen LogP contribution in [0.2, 0.25) is 0 Å². The van der Waals surface area contributed by atoms with Gasteiger partial charge in [0, 0.05) is 11.1 Å². The highest BCUT2D eigenvalue weighted by Crippen LogP contribution is 2.37. The van der Waals surface area contributed by atoms with Gasteiger partial charge in [-0.3, -0.25) is 0 Å². The fraction of sp³-hybridized carbons (Fsp3) is 0.200. The van der Waals surface area contributed by atoms with Gasteiger partial charge in [0.25, 0.3) is 0 Å². The first-order chi connectivity index (χ1) is 19.0. The van der Waals surface area contributed by atoms with Gasteiger partial charge < -0.3 is 9.29 Å². The second-order valence-electron chi connectivity index (χ2n) is 9.89. The van der Waals surface area contributed by atoms with Crippen LogP contribution in [0.3, 0.4) is 0 Å². The highest BCUT2D eigenvalue weighted by Gasteiger charge is 2.32. The smallest absolute Gasteiger partial charge is 0.200 e. The van der Waals surface area contributed by atoms with Gasteiger partial charge in [-0.15, -0.1) is 0 Å². The van der Waals surface area contributed by atoms with Crippen molar-refractivity contribution in [2.45, 2.75) is 59.8 Å². The molecule has 0 aromatic heterocycles. The second-order valence-corrected chi connectivity index (χ2v) is 13.2. The summed E-state index contributed by atoms with van der Waals surface area (Å²) >= 11 is 0. The molecule has 4 rings (SSSR count). The zero-order valence-electron chi connectivity index (χ0n) is 22.8. The van der Waals surface area contributed by atoms with Gasteiger partial charge >= 0.3 is 0 Å². The molecule has 218 valence electrons. The number of hydrogen-bond acceptors (Lipinski definition) is 4. The number of rotatable bonds is 5. The number of ether oxygens (including phenoxy) is 1. The minimum Gasteiger partial charge on any atom is -0.744 e. The van der Waals surface area contributed by atoms with Crippen molar-refractivity contribution in [3.63, 3.8) is 0 Å². The van der Waals surface area contributed by atoms with E-state index in [9.17, 15) is 34.9 Å². The average Bonchev–Trinajstić information content (AvgIpc) is 2.88. The monoisotopic (exact) mass is 610 g/mol. The van der Waals surface area contributed by atoms with Crippen LogP contribution in [0, 0.1) is 42.9 Å². The zero-order valence-corrected chi connectivity index (χ0v) is 24.4. The molecule has 0 heterocycles. The van der Waals surface area contributed by atoms with Gasteiger partial charge in [-0.1, -0.05) is 36.4 Å². The van der Waals surface area contributed by atoms with Crippen molar-refractivity contribution in [3.8, 4) is 5.75 Å². The SMILES string of the molecule is Cc1cc(OC(C)(C)C)cc(C)c1[S+](c1ccccc1)c1ccccc1.O=S(=O)([O-])c1c(F)c(F)c(F)c(F)c1F. The van der Waals surface area contributed by atoms with E-state index in [-0.39, 0.29) is 16.5 Å². The Morgan fingerprint density at radius 2 is 1.05 bits per heavy atom. The Morgan fingerprint density at radius 3 is 1.39 bits per heavy atom. The molecule has 0 atom stereocenters. The molecule has 0 aliphatic carbocycles. The first-order valence-corrected chi connectivity index (χ1v) is 14.8. The lowest BCUT2D eigenvalue weighted by atomic mass is 10.1. The molecule has 4 nitrogen and oxygen atoms in total. The number of benzene rings is 4. The molecule has 0 bridgehead atoms. The molecule has 0 spiro atoms. The van der Waals surface area contributed by atoms with Crippen molar-refractivity contribution < 1.29 is 39.7 Å². The summed E-state index contributed by atoms with van der Waals surface area (Å²) in [6.07, 6.45) is 0. The van der Waals surface area contributed by atoms with Crippen molar-refractivity contribution in [1.82, 2.24) is 0 Å². The van der Waals surface area contributed by atoms with E-state index in [0.29, 0.717) is 0 Å². The fourth-order valence-electron chi connectivity index (χ4n) is 3.93. The van der Waals surface area contributed by atoms with E-state index in [1.165, 1.54) is 25.8 Å². The van der Waals surface area contributed by atoms with Gasteiger partial charge in [0.2, 0.25) is 5.82 Å². The van der Waals surface area contributed by atoms with Crippen LogP contribution in [0.25, 0.3) is 0 Å². The van der Waals surface area contributed by atoms with Crippen molar-refractivity contribution in [2.75, 3.05) is 0 Å². The molecular weight excluding hydrogens is 583 g/mol. The highest BCUT2D eigenvalue weighted by molar-refractivity contribution is 7.97. The summed E-state index contributed by atoms with van der Waals surface area (Å²) in [5.74, 6) is -11.9. The topological polar surface area (TPSA) is 66.4 Å². The third-order valence-corrected chi connectivity index (χ3v) is 8.84. The van der Waals surface area contributed by atoms with Crippen molar-refractivity contribution >= 4 is 21.0 Å². The predicted octanol–water partition coefficient (Wildman–Crippen LogP) is 7.86. The molecule has 41 heavy (non-hydrogen) atoms. The van der Waals surface area contributed by atoms with Crippen LogP contribution >= 0.6 is 0 Å². The van der Waals surface area contributed by atoms with E-state index in [4.69, 9.17) is 4.74 Å². The summed E-state index contributed by atoms with van der Waals surface area (Å²) in [5, 5.41) is 0. The van der Waals surface area contributed by atoms with E-state index >= 15 is 0 Å². The van der Waals surface area contributed by atoms with Gasteiger partial charge in [0.1, 0.15) is 26.4 Å². The van der Waals surface area contributed by atoms with Crippen LogP contribution in [0.15, 0.2) is 92.4 Å². The standard InChI is InChI=1S/C24H27OS.C6HF5O3S/c1-18-16-20(25-24(3,4)5)17-19(2)23(18)26(21-12-8-6-9-13-21)22-14-10-7-11-15-22;7-1-2(8)4(10)6(15(12,13)14)5(11)3(1)9/h6-17H,1-5H3;(H,12,13,14)/q+1;/p-1. The van der Waals surface area contributed by atoms with Crippen LogP contribution in [0.1, 0.15) is 31.9 Å². The van der Waals surface area contributed by atoms with Gasteiger partial charge in [0.05, 0.1) is 10.9 Å². The molecule has 4 aromatic rings. The Morgan fingerprint density at radius 1 is 0.683 bits per heavy atom. The Balaban J connectivity index is 0.000000263. The number of hydrogen-bond donors (Lipinski definition) is 0. The first kappa shape index (κ1) is 32.1. The fourth-order valence-corrected chi connectivity index (χ4v) is 6.92. The minimum atomic E-state index is -5.77. The largest absolute Gasteiger partial charge is 0.744 e. The van der Waals surface area contributed by atoms with Crippen molar-refractivity contribution in [2.24, 2.45) is 0 Å². The quantitative estimate of drug-likeness (QED) is 0.0759. The van der Waals surface area contributed by atoms with Crippen LogP contribution in [-0.2, 0) is 21.0 Å². The summed E-state index contributed by atoms with van der Waals surface area (Å²) in [4.78, 5) is 1.70. The van der Waals surface area contributed by atoms with Crippen LogP contribution in [-0.4, -0.2) is 18.6 Å². The summed E-state index contributed by atoms with van der Waals surface area (Å²) in [7, 11) is -5.90. The van der Waals surface area contributed by atoms with Crippen molar-refractivity contribution in [1.29, 1.82) is 0 Å². The van der Waals surface area contributed by atoms with Gasteiger partial charge in [-0.25, -0.2) is 30.4 Å². The normalized spacial score (nSPS) is 11.7. The van der Waals surface area contributed by atoms with Gasteiger partial charge in [-0.05, 0) is 71.0 Å². The highest BCUT2D eigenvalue weighted by atomic mass is 32.2. The molecule has 0 aliphatic rings. The number of aryl methyl sites for hydroxylation is 2. The summed E-state index contributed by atoms with van der Waals surface area (Å²) in [6.45, 7) is 10.7. The number of halogens is 5. The Bertz CT molecular complexity index is 1550. The molecule has 0 N–H and O–H groups in total. The summed E-state index contributed by atoms with van der Waals surface area (Å²) in [6, 6.07) is 25.9. The molecule has 0 saturated heterocycles. The molecular formula is C30H27F5O4S2.